The van der Waals surface area contributed by atoms with Gasteiger partial charge in [-0.15, -0.1) is 0 Å². The number of rotatable bonds is 1. The van der Waals surface area contributed by atoms with Gasteiger partial charge in [-0.3, -0.25) is 0 Å². The van der Waals surface area contributed by atoms with Crippen LogP contribution in [0.5, 0.6) is 0 Å². The third-order valence-electron chi connectivity index (χ3n) is 3.84. The lowest BCUT2D eigenvalue weighted by Crippen LogP contribution is -2.46. The molecule has 2 fully saturated rings. The van der Waals surface area contributed by atoms with Gasteiger partial charge in [0, 0.05) is 6.04 Å². The molecule has 14 heavy (non-hydrogen) atoms. The topological polar surface area (TPSA) is 23.5 Å². The zero-order valence-electron chi connectivity index (χ0n) is 9.34. The molecule has 0 aromatic heterocycles. The van der Waals surface area contributed by atoms with Crippen LogP contribution in [-0.2, 0) is 0 Å². The van der Waals surface area contributed by atoms with Gasteiger partial charge >= 0.3 is 0 Å². The molecule has 1 aliphatic carbocycles. The van der Waals surface area contributed by atoms with Crippen LogP contribution >= 0.6 is 0 Å². The standard InChI is InChI=1S/C12H23NO/c1-12(14)7-5-6-11(10-12)13-8-3-2-4-9-13/h11,14H,2-10H2,1H3/t11-,12-/m0/s1. The van der Waals surface area contributed by atoms with E-state index in [1.54, 1.807) is 0 Å². The van der Waals surface area contributed by atoms with Crippen LogP contribution in [0.25, 0.3) is 0 Å². The van der Waals surface area contributed by atoms with Crippen LogP contribution in [-0.4, -0.2) is 34.7 Å². The Balaban J connectivity index is 1.89. The Morgan fingerprint density at radius 1 is 1.14 bits per heavy atom. The Kier molecular flexibility index (Phi) is 3.13. The largest absolute Gasteiger partial charge is 0.390 e. The molecule has 0 aromatic rings. The average Bonchev–Trinajstić information content (AvgIpc) is 2.18. The molecule has 1 heterocycles. The van der Waals surface area contributed by atoms with Gasteiger partial charge in [-0.25, -0.2) is 0 Å². The fourth-order valence-corrected chi connectivity index (χ4v) is 3.03. The number of aliphatic hydroxyl groups is 1. The summed E-state index contributed by atoms with van der Waals surface area (Å²) in [6, 6.07) is 0.666. The van der Waals surface area contributed by atoms with Crippen LogP contribution in [0.15, 0.2) is 0 Å². The van der Waals surface area contributed by atoms with Crippen LogP contribution in [0, 0.1) is 0 Å². The van der Waals surface area contributed by atoms with Gasteiger partial charge in [0.2, 0.25) is 0 Å². The van der Waals surface area contributed by atoms with Gasteiger partial charge in [-0.2, -0.15) is 0 Å². The van der Waals surface area contributed by atoms with Crippen molar-refractivity contribution in [3.8, 4) is 0 Å². The van der Waals surface area contributed by atoms with Gasteiger partial charge in [0.15, 0.2) is 0 Å². The van der Waals surface area contributed by atoms with Gasteiger partial charge < -0.3 is 10.0 Å². The molecule has 2 atom stereocenters. The lowest BCUT2D eigenvalue weighted by molar-refractivity contribution is -0.0199. The molecule has 0 amide bonds. The Morgan fingerprint density at radius 3 is 2.50 bits per heavy atom. The van der Waals surface area contributed by atoms with E-state index < -0.39 is 0 Å². The van der Waals surface area contributed by atoms with E-state index in [2.05, 4.69) is 4.90 Å². The summed E-state index contributed by atoms with van der Waals surface area (Å²) in [6.45, 7) is 4.53. The number of piperidine rings is 1. The predicted molar refractivity (Wildman–Crippen MR) is 58.3 cm³/mol. The van der Waals surface area contributed by atoms with E-state index >= 15 is 0 Å². The molecule has 2 nitrogen and oxygen atoms in total. The molecular formula is C12H23NO. The van der Waals surface area contributed by atoms with Crippen molar-refractivity contribution in [3.63, 3.8) is 0 Å². The minimum atomic E-state index is -0.389. The van der Waals surface area contributed by atoms with E-state index in [0.29, 0.717) is 6.04 Å². The quantitative estimate of drug-likeness (QED) is 0.696. The molecule has 1 aliphatic heterocycles. The molecule has 2 heteroatoms. The second-order valence-corrected chi connectivity index (χ2v) is 5.34. The third kappa shape index (κ3) is 2.48. The summed E-state index contributed by atoms with van der Waals surface area (Å²) in [5.41, 5.74) is -0.389. The fourth-order valence-electron chi connectivity index (χ4n) is 3.03. The van der Waals surface area contributed by atoms with Gasteiger partial charge in [0.05, 0.1) is 5.60 Å². The van der Waals surface area contributed by atoms with Crippen molar-refractivity contribution in [3.05, 3.63) is 0 Å². The molecule has 1 saturated heterocycles. The minimum absolute atomic E-state index is 0.389. The van der Waals surface area contributed by atoms with Crippen LogP contribution < -0.4 is 0 Å². The molecule has 0 spiro atoms. The smallest absolute Gasteiger partial charge is 0.0634 e. The summed E-state index contributed by atoms with van der Waals surface area (Å²) in [6.07, 6.45) is 8.62. The third-order valence-corrected chi connectivity index (χ3v) is 3.84. The van der Waals surface area contributed by atoms with Crippen molar-refractivity contribution in [2.24, 2.45) is 0 Å². The average molecular weight is 197 g/mol. The van der Waals surface area contributed by atoms with Crippen LogP contribution in [0.4, 0.5) is 0 Å². The first-order valence-electron chi connectivity index (χ1n) is 6.14. The van der Waals surface area contributed by atoms with E-state index in [-0.39, 0.29) is 5.60 Å². The molecule has 0 radical (unpaired) electrons. The van der Waals surface area contributed by atoms with E-state index in [1.807, 2.05) is 6.92 Å². The fraction of sp³-hybridized carbons (Fsp3) is 1.00. The Bertz CT molecular complexity index is 185. The number of likely N-dealkylation sites (tertiary alicyclic amines) is 1. The highest BCUT2D eigenvalue weighted by Crippen LogP contribution is 2.31. The second-order valence-electron chi connectivity index (χ2n) is 5.34. The van der Waals surface area contributed by atoms with Crippen molar-refractivity contribution in [1.29, 1.82) is 0 Å². The molecule has 0 unspecified atom stereocenters. The van der Waals surface area contributed by atoms with Crippen molar-refractivity contribution in [2.45, 2.75) is 63.5 Å². The van der Waals surface area contributed by atoms with Crippen LogP contribution in [0.2, 0.25) is 0 Å². The van der Waals surface area contributed by atoms with Crippen molar-refractivity contribution in [2.75, 3.05) is 13.1 Å². The summed E-state index contributed by atoms with van der Waals surface area (Å²) < 4.78 is 0. The van der Waals surface area contributed by atoms with Crippen LogP contribution in [0.1, 0.15) is 51.9 Å². The molecule has 1 N–H and O–H groups in total. The lowest BCUT2D eigenvalue weighted by atomic mass is 9.82. The summed E-state index contributed by atoms with van der Waals surface area (Å²) in [5.74, 6) is 0. The van der Waals surface area contributed by atoms with Crippen molar-refractivity contribution >= 4 is 0 Å². The Labute approximate surface area is 87.3 Å². The van der Waals surface area contributed by atoms with Gasteiger partial charge in [0.1, 0.15) is 0 Å². The first-order valence-corrected chi connectivity index (χ1v) is 6.14. The highest BCUT2D eigenvalue weighted by atomic mass is 16.3. The molecule has 2 rings (SSSR count). The number of nitrogens with zero attached hydrogens (tertiary/aromatic N) is 1. The maximum absolute atomic E-state index is 10.0. The van der Waals surface area contributed by atoms with Crippen LogP contribution in [0.3, 0.4) is 0 Å². The second kappa shape index (κ2) is 4.19. The molecule has 2 aliphatic rings. The van der Waals surface area contributed by atoms with E-state index in [0.717, 1.165) is 12.8 Å². The maximum Gasteiger partial charge on any atom is 0.0634 e. The first-order chi connectivity index (χ1) is 6.67. The highest BCUT2D eigenvalue weighted by molar-refractivity contribution is 4.88. The zero-order valence-corrected chi connectivity index (χ0v) is 9.34. The predicted octanol–water partition coefficient (Wildman–Crippen LogP) is 2.17. The summed E-state index contributed by atoms with van der Waals surface area (Å²) in [4.78, 5) is 2.61. The van der Waals surface area contributed by atoms with Gasteiger partial charge in [-0.05, 0) is 58.5 Å². The molecule has 0 aromatic carbocycles. The van der Waals surface area contributed by atoms with E-state index in [1.165, 1.54) is 45.2 Å². The van der Waals surface area contributed by atoms with E-state index in [9.17, 15) is 5.11 Å². The normalized spacial score (nSPS) is 41.1. The Hall–Kier alpha value is -0.0800. The van der Waals surface area contributed by atoms with E-state index in [4.69, 9.17) is 0 Å². The molecule has 1 saturated carbocycles. The lowest BCUT2D eigenvalue weighted by Gasteiger charge is -2.41. The minimum Gasteiger partial charge on any atom is -0.390 e. The summed E-state index contributed by atoms with van der Waals surface area (Å²) in [5, 5.41) is 10.0. The van der Waals surface area contributed by atoms with Gasteiger partial charge in [0.25, 0.3) is 0 Å². The Morgan fingerprint density at radius 2 is 1.86 bits per heavy atom. The van der Waals surface area contributed by atoms with Crippen molar-refractivity contribution < 1.29 is 5.11 Å². The zero-order chi connectivity index (χ0) is 10.0. The molecule has 82 valence electrons. The first kappa shape index (κ1) is 10.4. The molecule has 0 bridgehead atoms. The van der Waals surface area contributed by atoms with Crippen molar-refractivity contribution in [1.82, 2.24) is 4.90 Å². The number of hydrogen-bond donors (Lipinski definition) is 1. The highest BCUT2D eigenvalue weighted by Gasteiger charge is 2.33. The van der Waals surface area contributed by atoms with Gasteiger partial charge in [-0.1, -0.05) is 6.42 Å². The molecular weight excluding hydrogens is 174 g/mol. The maximum atomic E-state index is 10.0. The SMILES string of the molecule is C[C@]1(O)CCC[C@H](N2CCCCC2)C1. The monoisotopic (exact) mass is 197 g/mol. The summed E-state index contributed by atoms with van der Waals surface area (Å²) in [7, 11) is 0. The number of hydrogen-bond acceptors (Lipinski definition) is 2. The summed E-state index contributed by atoms with van der Waals surface area (Å²) >= 11 is 0.